The van der Waals surface area contributed by atoms with Crippen LogP contribution in [0.4, 0.5) is 0 Å². The van der Waals surface area contributed by atoms with Gasteiger partial charge in [0.2, 0.25) is 0 Å². The lowest BCUT2D eigenvalue weighted by molar-refractivity contribution is 1.06. The fraction of sp³-hybridized carbons (Fsp3) is 0.0714. The first-order chi connectivity index (χ1) is 15.2. The number of hydrogen-bond donors (Lipinski definition) is 1. The van der Waals surface area contributed by atoms with Crippen molar-refractivity contribution in [3.8, 4) is 0 Å². The Kier molecular flexibility index (Phi) is 4.93. The molecule has 5 rings (SSSR count). The quantitative estimate of drug-likeness (QED) is 0.210. The van der Waals surface area contributed by atoms with E-state index >= 15 is 0 Å². The largest absolute Gasteiger partial charge is 0.383 e. The van der Waals surface area contributed by atoms with Crippen molar-refractivity contribution in [1.29, 1.82) is 0 Å². The zero-order valence-electron chi connectivity index (χ0n) is 17.4. The third kappa shape index (κ3) is 3.90. The van der Waals surface area contributed by atoms with Crippen LogP contribution in [0.25, 0.3) is 32.3 Å². The highest BCUT2D eigenvalue weighted by molar-refractivity contribution is 6.11. The molecule has 3 nitrogen and oxygen atoms in total. The van der Waals surface area contributed by atoms with Gasteiger partial charge in [0.05, 0.1) is 6.54 Å². The third-order valence-corrected chi connectivity index (χ3v) is 5.63. The molecular weight excluding hydrogens is 378 g/mol. The van der Waals surface area contributed by atoms with E-state index in [1.807, 2.05) is 13.0 Å². The van der Waals surface area contributed by atoms with Crippen LogP contribution in [0, 0.1) is 0 Å². The molecule has 0 aliphatic heterocycles. The van der Waals surface area contributed by atoms with E-state index in [0.717, 1.165) is 16.5 Å². The van der Waals surface area contributed by atoms with E-state index in [1.54, 1.807) is 0 Å². The van der Waals surface area contributed by atoms with Gasteiger partial charge in [-0.05, 0) is 56.9 Å². The Labute approximate surface area is 181 Å². The van der Waals surface area contributed by atoms with E-state index < -0.39 is 0 Å². The van der Waals surface area contributed by atoms with Crippen LogP contribution in [0.3, 0.4) is 0 Å². The van der Waals surface area contributed by atoms with Crippen molar-refractivity contribution in [2.24, 2.45) is 15.7 Å². The Morgan fingerprint density at radius 3 is 2.23 bits per heavy atom. The van der Waals surface area contributed by atoms with Crippen molar-refractivity contribution in [3.05, 3.63) is 108 Å². The Bertz CT molecular complexity index is 1480. The molecule has 31 heavy (non-hydrogen) atoms. The van der Waals surface area contributed by atoms with Crippen LogP contribution in [0.15, 0.2) is 107 Å². The standard InChI is InChI=1S/C28H23N3/c1-19(30-18-20-10-11-21-6-2-3-8-23(21)16-20)31-28(29)25-14-15-27-24(17-25)13-12-22-7-4-5-9-26(22)27/h2-17H,18H2,1H3,(H2,29,30,31). The SMILES string of the molecule is CC(=NCc1ccc2ccccc2c1)N=C(N)c1ccc2c(ccc3ccccc32)c1. The van der Waals surface area contributed by atoms with Crippen LogP contribution in [-0.4, -0.2) is 11.7 Å². The van der Waals surface area contributed by atoms with Gasteiger partial charge in [0, 0.05) is 5.56 Å². The average molecular weight is 402 g/mol. The zero-order chi connectivity index (χ0) is 21.2. The molecule has 3 heteroatoms. The van der Waals surface area contributed by atoms with Gasteiger partial charge in [-0.1, -0.05) is 84.9 Å². The molecule has 0 heterocycles. The number of amidine groups is 2. The predicted molar refractivity (Wildman–Crippen MR) is 133 cm³/mol. The van der Waals surface area contributed by atoms with Gasteiger partial charge in [-0.2, -0.15) is 0 Å². The number of fused-ring (bicyclic) bond motifs is 4. The molecule has 0 saturated carbocycles. The van der Waals surface area contributed by atoms with Crippen molar-refractivity contribution >= 4 is 44.0 Å². The van der Waals surface area contributed by atoms with Gasteiger partial charge in [0.15, 0.2) is 0 Å². The van der Waals surface area contributed by atoms with Gasteiger partial charge in [-0.3, -0.25) is 4.99 Å². The third-order valence-electron chi connectivity index (χ3n) is 5.63. The van der Waals surface area contributed by atoms with Crippen LogP contribution in [-0.2, 0) is 6.54 Å². The van der Waals surface area contributed by atoms with Crippen molar-refractivity contribution in [3.63, 3.8) is 0 Å². The number of rotatable bonds is 3. The summed E-state index contributed by atoms with van der Waals surface area (Å²) in [5.41, 5.74) is 8.37. The smallest absolute Gasteiger partial charge is 0.132 e. The Balaban J connectivity index is 1.40. The monoisotopic (exact) mass is 401 g/mol. The van der Waals surface area contributed by atoms with Crippen molar-refractivity contribution in [2.75, 3.05) is 0 Å². The molecule has 0 saturated heterocycles. The summed E-state index contributed by atoms with van der Waals surface area (Å²) in [5, 5.41) is 7.31. The lowest BCUT2D eigenvalue weighted by Crippen LogP contribution is -2.15. The first-order valence-electron chi connectivity index (χ1n) is 10.4. The molecule has 0 aromatic heterocycles. The molecule has 0 spiro atoms. The van der Waals surface area contributed by atoms with Crippen molar-refractivity contribution in [1.82, 2.24) is 0 Å². The normalized spacial score (nSPS) is 12.7. The second kappa shape index (κ2) is 8.04. The number of nitrogens with two attached hydrogens (primary N) is 1. The number of aliphatic imine (C=N–C) groups is 2. The highest BCUT2D eigenvalue weighted by atomic mass is 15.0. The first kappa shape index (κ1) is 19.0. The minimum absolute atomic E-state index is 0.481. The van der Waals surface area contributed by atoms with E-state index in [4.69, 9.17) is 5.73 Å². The van der Waals surface area contributed by atoms with E-state index in [2.05, 4.69) is 101 Å². The highest BCUT2D eigenvalue weighted by Gasteiger charge is 2.05. The second-order valence-corrected chi connectivity index (χ2v) is 7.76. The molecule has 0 amide bonds. The number of hydrogen-bond acceptors (Lipinski definition) is 1. The maximum atomic E-state index is 6.31. The minimum Gasteiger partial charge on any atom is -0.383 e. The molecule has 0 fully saturated rings. The zero-order valence-corrected chi connectivity index (χ0v) is 17.4. The lowest BCUT2D eigenvalue weighted by atomic mass is 10.00. The number of nitrogens with zero attached hydrogens (tertiary/aromatic N) is 2. The van der Waals surface area contributed by atoms with Crippen molar-refractivity contribution in [2.45, 2.75) is 13.5 Å². The molecule has 0 aliphatic rings. The van der Waals surface area contributed by atoms with Gasteiger partial charge in [-0.25, -0.2) is 4.99 Å². The molecule has 150 valence electrons. The van der Waals surface area contributed by atoms with Crippen LogP contribution in [0.5, 0.6) is 0 Å². The summed E-state index contributed by atoms with van der Waals surface area (Å²) in [4.78, 5) is 9.16. The fourth-order valence-corrected chi connectivity index (χ4v) is 3.99. The summed E-state index contributed by atoms with van der Waals surface area (Å²) in [6.45, 7) is 2.47. The molecule has 0 atom stereocenters. The van der Waals surface area contributed by atoms with E-state index in [1.165, 1.54) is 26.9 Å². The van der Waals surface area contributed by atoms with Gasteiger partial charge in [0.25, 0.3) is 0 Å². The maximum absolute atomic E-state index is 6.31. The summed E-state index contributed by atoms with van der Waals surface area (Å²) in [6.07, 6.45) is 0. The van der Waals surface area contributed by atoms with Gasteiger partial charge < -0.3 is 5.73 Å². The van der Waals surface area contributed by atoms with Crippen LogP contribution in [0.1, 0.15) is 18.1 Å². The Morgan fingerprint density at radius 1 is 0.677 bits per heavy atom. The topological polar surface area (TPSA) is 50.7 Å². The second-order valence-electron chi connectivity index (χ2n) is 7.76. The fourth-order valence-electron chi connectivity index (χ4n) is 3.99. The highest BCUT2D eigenvalue weighted by Crippen LogP contribution is 2.26. The van der Waals surface area contributed by atoms with E-state index in [9.17, 15) is 0 Å². The van der Waals surface area contributed by atoms with Crippen LogP contribution < -0.4 is 5.73 Å². The first-order valence-corrected chi connectivity index (χ1v) is 10.4. The Morgan fingerprint density at radius 2 is 1.35 bits per heavy atom. The summed E-state index contributed by atoms with van der Waals surface area (Å²) in [7, 11) is 0. The van der Waals surface area contributed by atoms with Crippen molar-refractivity contribution < 1.29 is 0 Å². The summed E-state index contributed by atoms with van der Waals surface area (Å²) >= 11 is 0. The van der Waals surface area contributed by atoms with Crippen LogP contribution >= 0.6 is 0 Å². The summed E-state index contributed by atoms with van der Waals surface area (Å²) < 4.78 is 0. The maximum Gasteiger partial charge on any atom is 0.132 e. The van der Waals surface area contributed by atoms with E-state index in [0.29, 0.717) is 18.2 Å². The molecule has 5 aromatic rings. The van der Waals surface area contributed by atoms with Gasteiger partial charge >= 0.3 is 0 Å². The molecule has 0 aliphatic carbocycles. The van der Waals surface area contributed by atoms with E-state index in [-0.39, 0.29) is 0 Å². The average Bonchev–Trinajstić information content (AvgIpc) is 2.82. The predicted octanol–water partition coefficient (Wildman–Crippen LogP) is 6.47. The van der Waals surface area contributed by atoms with Gasteiger partial charge in [-0.15, -0.1) is 0 Å². The van der Waals surface area contributed by atoms with Crippen LogP contribution in [0.2, 0.25) is 0 Å². The summed E-state index contributed by atoms with van der Waals surface area (Å²) in [5.74, 6) is 1.15. The number of benzene rings is 5. The molecule has 0 unspecified atom stereocenters. The lowest BCUT2D eigenvalue weighted by Gasteiger charge is -2.07. The Hall–Kier alpha value is -3.98. The molecular formula is C28H23N3. The molecule has 0 bridgehead atoms. The molecule has 0 radical (unpaired) electrons. The molecule has 5 aromatic carbocycles. The minimum atomic E-state index is 0.481. The molecule has 2 N–H and O–H groups in total. The van der Waals surface area contributed by atoms with Gasteiger partial charge in [0.1, 0.15) is 11.7 Å². The summed E-state index contributed by atoms with van der Waals surface area (Å²) in [6, 6.07) is 33.7.